The molecule has 0 spiro atoms. The van der Waals surface area contributed by atoms with Crippen molar-refractivity contribution in [3.63, 3.8) is 0 Å². The second-order valence-corrected chi connectivity index (χ2v) is 10.8. The second-order valence-electron chi connectivity index (χ2n) is 10.8. The van der Waals surface area contributed by atoms with E-state index in [-0.39, 0.29) is 13.1 Å². The fraction of sp³-hybridized carbons (Fsp3) is 0.714. The first-order valence-electron chi connectivity index (χ1n) is 15.3. The van der Waals surface area contributed by atoms with Gasteiger partial charge in [0.1, 0.15) is 6.61 Å². The molecule has 48 heavy (non-hydrogen) atoms. The Bertz CT molecular complexity index is 1130. The molecule has 9 N–H and O–H groups in total. The fourth-order valence-corrected chi connectivity index (χ4v) is 4.53. The van der Waals surface area contributed by atoms with Crippen LogP contribution in [0.4, 0.5) is 22.8 Å². The molecule has 0 saturated carbocycles. The summed E-state index contributed by atoms with van der Waals surface area (Å²) < 4.78 is 59.5. The molecule has 1 heterocycles. The second kappa shape index (κ2) is 20.0. The Labute approximate surface area is 274 Å². The van der Waals surface area contributed by atoms with Crippen LogP contribution in [-0.4, -0.2) is 102 Å². The van der Waals surface area contributed by atoms with E-state index in [9.17, 15) is 47.4 Å². The molecule has 1 rings (SSSR count). The highest BCUT2D eigenvalue weighted by atomic mass is 19.4. The maximum Gasteiger partial charge on any atom is 0.490 e. The molecule has 17 nitrogen and oxygen atoms in total. The van der Waals surface area contributed by atoms with E-state index in [1.165, 1.54) is 0 Å². The number of amides is 3. The Morgan fingerprint density at radius 3 is 1.90 bits per heavy atom. The summed E-state index contributed by atoms with van der Waals surface area (Å²) in [5.74, 6) is -10.5. The molecule has 1 aliphatic heterocycles. The number of alkyl carbamates (subject to hydrolysis) is 2. The summed E-state index contributed by atoms with van der Waals surface area (Å²) in [6.45, 7) is 3.20. The number of guanidine groups is 1. The van der Waals surface area contributed by atoms with Gasteiger partial charge in [-0.25, -0.2) is 19.2 Å². The standard InChI is InChI=1S/C28H45F3N6O11/c1-4-6-8-10-12-34-25(43)47-27(19(39)15-45-23(42)28(29,30)31,48-26(44)35-13-11-9-7-5-2)21-20(36-16(3)38)17(37-24(32)33)14-18(46-21)22(40)41/h14,17,19-21,39H,4-13,15H2,1-3H3,(H,34,43)(H,35,44)(H,36,38)(H,40,41)(H4,32,33,37)/t17-,19+,20+,21+/m0/s1. The van der Waals surface area contributed by atoms with Gasteiger partial charge in [0.15, 0.2) is 12.1 Å². The van der Waals surface area contributed by atoms with Crippen molar-refractivity contribution in [3.8, 4) is 0 Å². The van der Waals surface area contributed by atoms with Crippen LogP contribution in [0.25, 0.3) is 0 Å². The Hall–Kier alpha value is -4.49. The van der Waals surface area contributed by atoms with E-state index >= 15 is 0 Å². The quantitative estimate of drug-likeness (QED) is 0.0313. The molecule has 0 bridgehead atoms. The average molecular weight is 699 g/mol. The van der Waals surface area contributed by atoms with E-state index < -0.39 is 84.6 Å². The molecule has 0 aliphatic carbocycles. The number of halogens is 3. The lowest BCUT2D eigenvalue weighted by atomic mass is 9.89. The number of nitrogens with two attached hydrogens (primary N) is 1. The number of aliphatic carboxylic acids is 1. The van der Waals surface area contributed by atoms with Crippen LogP contribution in [0.5, 0.6) is 0 Å². The van der Waals surface area contributed by atoms with Gasteiger partial charge >= 0.3 is 36.1 Å². The lowest BCUT2D eigenvalue weighted by Gasteiger charge is -2.46. The number of aliphatic hydroxyl groups is 1. The molecule has 274 valence electrons. The molecule has 0 radical (unpaired) electrons. The number of esters is 1. The van der Waals surface area contributed by atoms with Crippen LogP contribution in [0.15, 0.2) is 11.8 Å². The lowest BCUT2D eigenvalue weighted by molar-refractivity contribution is -0.287. The Balaban J connectivity index is 3.82. The number of aliphatic hydroxyl groups excluding tert-OH is 1. The van der Waals surface area contributed by atoms with Crippen molar-refractivity contribution < 1.29 is 66.3 Å². The van der Waals surface area contributed by atoms with E-state index in [0.717, 1.165) is 38.7 Å². The van der Waals surface area contributed by atoms with Crippen molar-refractivity contribution in [3.05, 3.63) is 11.8 Å². The maximum absolute atomic E-state index is 13.2. The first-order chi connectivity index (χ1) is 22.5. The van der Waals surface area contributed by atoms with E-state index in [1.54, 1.807) is 0 Å². The average Bonchev–Trinajstić information content (AvgIpc) is 2.98. The third kappa shape index (κ3) is 13.7. The monoisotopic (exact) mass is 698 g/mol. The van der Waals surface area contributed by atoms with Gasteiger partial charge in [-0.3, -0.25) is 10.2 Å². The number of carboxylic acids is 1. The molecule has 4 atom stereocenters. The minimum Gasteiger partial charge on any atom is -0.475 e. The van der Waals surface area contributed by atoms with Crippen molar-refractivity contribution >= 4 is 36.0 Å². The van der Waals surface area contributed by atoms with Crippen LogP contribution in [-0.2, 0) is 33.3 Å². The number of carbonyl (C=O) groups is 5. The number of hydrogen-bond acceptors (Lipinski definition) is 11. The van der Waals surface area contributed by atoms with Gasteiger partial charge in [-0.05, 0) is 18.9 Å². The zero-order valence-electron chi connectivity index (χ0n) is 26.9. The van der Waals surface area contributed by atoms with E-state index in [4.69, 9.17) is 25.4 Å². The number of ether oxygens (including phenoxy) is 4. The van der Waals surface area contributed by atoms with Crippen molar-refractivity contribution in [2.75, 3.05) is 19.7 Å². The molecule has 3 amide bonds. The first kappa shape index (κ1) is 41.5. The zero-order chi connectivity index (χ0) is 36.5. The van der Waals surface area contributed by atoms with Crippen LogP contribution >= 0.6 is 0 Å². The highest BCUT2D eigenvalue weighted by Gasteiger charge is 2.61. The summed E-state index contributed by atoms with van der Waals surface area (Å²) in [5, 5.41) is 38.2. The molecule has 0 fully saturated rings. The summed E-state index contributed by atoms with van der Waals surface area (Å²) in [7, 11) is 0. The van der Waals surface area contributed by atoms with Crippen LogP contribution in [0.3, 0.4) is 0 Å². The predicted molar refractivity (Wildman–Crippen MR) is 160 cm³/mol. The molecule has 0 aromatic heterocycles. The van der Waals surface area contributed by atoms with Gasteiger partial charge in [-0.2, -0.15) is 13.2 Å². The minimum atomic E-state index is -5.54. The lowest BCUT2D eigenvalue weighted by Crippen LogP contribution is -2.72. The number of rotatable bonds is 19. The normalized spacial score (nSPS) is 18.2. The topological polar surface area (TPSA) is 261 Å². The van der Waals surface area contributed by atoms with E-state index in [1.807, 2.05) is 13.8 Å². The summed E-state index contributed by atoms with van der Waals surface area (Å²) in [6, 6.07) is -3.24. The Morgan fingerprint density at radius 2 is 1.48 bits per heavy atom. The van der Waals surface area contributed by atoms with Crippen LogP contribution in [0, 0.1) is 5.41 Å². The number of nitrogens with one attached hydrogen (secondary N) is 5. The number of hydrogen-bond donors (Lipinski definition) is 8. The van der Waals surface area contributed by atoms with E-state index in [2.05, 4.69) is 26.0 Å². The SMILES string of the molecule is CCCCCCNC(=O)OC(OC(=O)NCCCCCC)([C@H](O)COC(=O)C(F)(F)F)[C@@H]1OC(C(=O)O)=C[C@H](NC(=N)N)[C@H]1NC(C)=O. The highest BCUT2D eigenvalue weighted by molar-refractivity contribution is 5.85. The predicted octanol–water partition coefficient (Wildman–Crippen LogP) is 1.49. The van der Waals surface area contributed by atoms with Crippen molar-refractivity contribution in [2.24, 2.45) is 5.73 Å². The summed E-state index contributed by atoms with van der Waals surface area (Å²) in [6.07, 6.45) is -6.97. The van der Waals surface area contributed by atoms with Gasteiger partial charge < -0.3 is 56.2 Å². The van der Waals surface area contributed by atoms with Gasteiger partial charge in [0.05, 0.1) is 12.1 Å². The zero-order valence-corrected chi connectivity index (χ0v) is 26.9. The molecular formula is C28H45F3N6O11. The molecular weight excluding hydrogens is 653 g/mol. The fourth-order valence-electron chi connectivity index (χ4n) is 4.53. The van der Waals surface area contributed by atoms with Crippen molar-refractivity contribution in [1.82, 2.24) is 21.3 Å². The summed E-state index contributed by atoms with van der Waals surface area (Å²) in [5.41, 5.74) is 5.45. The van der Waals surface area contributed by atoms with Crippen LogP contribution in [0.1, 0.15) is 72.1 Å². The largest absolute Gasteiger partial charge is 0.490 e. The number of unbranched alkanes of at least 4 members (excludes halogenated alkanes) is 6. The number of carbonyl (C=O) groups excluding carboxylic acids is 4. The van der Waals surface area contributed by atoms with E-state index in [0.29, 0.717) is 25.7 Å². The van der Waals surface area contributed by atoms with Gasteiger partial charge in [0.2, 0.25) is 17.8 Å². The van der Waals surface area contributed by atoms with Crippen LogP contribution in [0.2, 0.25) is 0 Å². The van der Waals surface area contributed by atoms with Gasteiger partial charge in [-0.1, -0.05) is 52.4 Å². The Kier molecular flexibility index (Phi) is 17.3. The van der Waals surface area contributed by atoms with Gasteiger partial charge in [-0.15, -0.1) is 0 Å². The van der Waals surface area contributed by atoms with Gasteiger partial charge in [0, 0.05) is 20.0 Å². The van der Waals surface area contributed by atoms with Gasteiger partial charge in [0.25, 0.3) is 0 Å². The molecule has 0 saturated heterocycles. The summed E-state index contributed by atoms with van der Waals surface area (Å²) in [4.78, 5) is 62.3. The van der Waals surface area contributed by atoms with Crippen molar-refractivity contribution in [2.45, 2.75) is 108 Å². The van der Waals surface area contributed by atoms with Crippen molar-refractivity contribution in [1.29, 1.82) is 5.41 Å². The Morgan fingerprint density at radius 1 is 0.958 bits per heavy atom. The third-order valence-corrected chi connectivity index (χ3v) is 6.77. The molecule has 0 unspecified atom stereocenters. The number of alkyl halides is 3. The maximum atomic E-state index is 13.2. The summed E-state index contributed by atoms with van der Waals surface area (Å²) >= 11 is 0. The first-order valence-corrected chi connectivity index (χ1v) is 15.3. The molecule has 0 aromatic carbocycles. The van der Waals surface area contributed by atoms with Crippen LogP contribution < -0.4 is 27.0 Å². The minimum absolute atomic E-state index is 0.0207. The number of carboxylic acid groups (broad SMARTS) is 1. The molecule has 0 aromatic rings. The molecule has 20 heteroatoms. The third-order valence-electron chi connectivity index (χ3n) is 6.77. The molecule has 1 aliphatic rings. The smallest absolute Gasteiger partial charge is 0.475 e. The highest BCUT2D eigenvalue weighted by Crippen LogP contribution is 2.35.